The SMILES string of the molecule is O=C(NC1CCS(=O)(=O)CC1)c1ccccc1C#CCO. The summed E-state index contributed by atoms with van der Waals surface area (Å²) >= 11 is 0. The molecule has 0 atom stereocenters. The first-order valence-electron chi connectivity index (χ1n) is 6.72. The highest BCUT2D eigenvalue weighted by molar-refractivity contribution is 7.91. The van der Waals surface area contributed by atoms with E-state index in [2.05, 4.69) is 17.2 Å². The van der Waals surface area contributed by atoms with E-state index in [1.807, 2.05) is 0 Å². The maximum absolute atomic E-state index is 12.3. The molecule has 1 aliphatic heterocycles. The Hall–Kier alpha value is -1.84. The molecule has 0 radical (unpaired) electrons. The Morgan fingerprint density at radius 3 is 2.62 bits per heavy atom. The quantitative estimate of drug-likeness (QED) is 0.772. The predicted octanol–water partition coefficient (Wildman–Crippen LogP) is 0.337. The Kier molecular flexibility index (Phi) is 4.99. The van der Waals surface area contributed by atoms with E-state index in [0.717, 1.165) is 0 Å². The number of amides is 1. The fraction of sp³-hybridized carbons (Fsp3) is 0.400. The van der Waals surface area contributed by atoms with Crippen molar-refractivity contribution in [2.24, 2.45) is 0 Å². The smallest absolute Gasteiger partial charge is 0.252 e. The molecule has 1 fully saturated rings. The summed E-state index contributed by atoms with van der Waals surface area (Å²) in [6, 6.07) is 6.76. The average molecular weight is 307 g/mol. The molecule has 0 saturated carbocycles. The minimum Gasteiger partial charge on any atom is -0.384 e. The van der Waals surface area contributed by atoms with Crippen molar-refractivity contribution < 1.29 is 18.3 Å². The molecule has 1 amide bonds. The van der Waals surface area contributed by atoms with Crippen LogP contribution in [0.1, 0.15) is 28.8 Å². The van der Waals surface area contributed by atoms with Crippen LogP contribution in [-0.2, 0) is 9.84 Å². The number of benzene rings is 1. The van der Waals surface area contributed by atoms with Gasteiger partial charge in [-0.1, -0.05) is 24.0 Å². The lowest BCUT2D eigenvalue weighted by Crippen LogP contribution is -2.41. The van der Waals surface area contributed by atoms with E-state index in [1.165, 1.54) is 0 Å². The Morgan fingerprint density at radius 1 is 1.29 bits per heavy atom. The number of aliphatic hydroxyl groups excluding tert-OH is 1. The van der Waals surface area contributed by atoms with Crippen LogP contribution in [0, 0.1) is 11.8 Å². The maximum atomic E-state index is 12.3. The second-order valence-electron chi connectivity index (χ2n) is 4.91. The molecule has 0 unspecified atom stereocenters. The summed E-state index contributed by atoms with van der Waals surface area (Å²) in [6.07, 6.45) is 0.886. The van der Waals surface area contributed by atoms with Gasteiger partial charge >= 0.3 is 0 Å². The summed E-state index contributed by atoms with van der Waals surface area (Å²) in [7, 11) is -2.94. The molecule has 2 N–H and O–H groups in total. The zero-order chi connectivity index (χ0) is 15.3. The molecule has 5 nitrogen and oxygen atoms in total. The molecular formula is C15H17NO4S. The van der Waals surface area contributed by atoms with Gasteiger partial charge in [0.25, 0.3) is 5.91 Å². The minimum absolute atomic E-state index is 0.115. The van der Waals surface area contributed by atoms with E-state index < -0.39 is 9.84 Å². The molecule has 0 bridgehead atoms. The van der Waals surface area contributed by atoms with Crippen LogP contribution >= 0.6 is 0 Å². The van der Waals surface area contributed by atoms with Crippen LogP contribution < -0.4 is 5.32 Å². The van der Waals surface area contributed by atoms with Gasteiger partial charge in [0.1, 0.15) is 16.4 Å². The van der Waals surface area contributed by atoms with Gasteiger partial charge in [-0.05, 0) is 25.0 Å². The second kappa shape index (κ2) is 6.74. The summed E-state index contributed by atoms with van der Waals surface area (Å²) in [5.41, 5.74) is 0.986. The predicted molar refractivity (Wildman–Crippen MR) is 79.5 cm³/mol. The van der Waals surface area contributed by atoms with Crippen LogP contribution in [0.5, 0.6) is 0 Å². The van der Waals surface area contributed by atoms with Gasteiger partial charge in [0.05, 0.1) is 17.1 Å². The fourth-order valence-electron chi connectivity index (χ4n) is 2.22. The van der Waals surface area contributed by atoms with Crippen LogP contribution in [0.3, 0.4) is 0 Å². The second-order valence-corrected chi connectivity index (χ2v) is 7.21. The van der Waals surface area contributed by atoms with Crippen molar-refractivity contribution in [3.63, 3.8) is 0 Å². The monoisotopic (exact) mass is 307 g/mol. The molecule has 1 saturated heterocycles. The van der Waals surface area contributed by atoms with E-state index in [-0.39, 0.29) is 30.1 Å². The number of carbonyl (C=O) groups is 1. The third kappa shape index (κ3) is 4.31. The Balaban J connectivity index is 2.07. The van der Waals surface area contributed by atoms with Crippen LogP contribution in [-0.4, -0.2) is 43.6 Å². The van der Waals surface area contributed by atoms with E-state index in [0.29, 0.717) is 24.0 Å². The topological polar surface area (TPSA) is 83.5 Å². The number of carbonyl (C=O) groups excluding carboxylic acids is 1. The zero-order valence-electron chi connectivity index (χ0n) is 11.5. The number of hydrogen-bond acceptors (Lipinski definition) is 4. The summed E-state index contributed by atoms with van der Waals surface area (Å²) < 4.78 is 22.7. The standard InChI is InChI=1S/C15H17NO4S/c17-9-3-5-12-4-1-2-6-14(12)15(18)16-13-7-10-21(19,20)11-8-13/h1-2,4,6,13,17H,7-11H2,(H,16,18). The molecule has 112 valence electrons. The van der Waals surface area contributed by atoms with E-state index >= 15 is 0 Å². The van der Waals surface area contributed by atoms with Gasteiger partial charge in [-0.25, -0.2) is 8.42 Å². The molecule has 1 aliphatic rings. The molecule has 21 heavy (non-hydrogen) atoms. The molecule has 1 heterocycles. The van der Waals surface area contributed by atoms with Crippen molar-refractivity contribution in [2.75, 3.05) is 18.1 Å². The van der Waals surface area contributed by atoms with Gasteiger partial charge in [0, 0.05) is 11.6 Å². The molecule has 0 aromatic heterocycles. The van der Waals surface area contributed by atoms with Gasteiger partial charge < -0.3 is 10.4 Å². The van der Waals surface area contributed by atoms with Gasteiger partial charge in [-0.2, -0.15) is 0 Å². The van der Waals surface area contributed by atoms with E-state index in [9.17, 15) is 13.2 Å². The fourth-order valence-corrected chi connectivity index (χ4v) is 3.71. The number of rotatable bonds is 2. The third-order valence-corrected chi connectivity index (χ3v) is 5.08. The zero-order valence-corrected chi connectivity index (χ0v) is 12.3. The van der Waals surface area contributed by atoms with Crippen molar-refractivity contribution in [1.82, 2.24) is 5.32 Å². The minimum atomic E-state index is -2.94. The Bertz CT molecular complexity index is 671. The van der Waals surface area contributed by atoms with Crippen molar-refractivity contribution in [3.05, 3.63) is 35.4 Å². The van der Waals surface area contributed by atoms with Gasteiger partial charge in [0.15, 0.2) is 0 Å². The number of sulfone groups is 1. The first kappa shape index (κ1) is 15.5. The summed E-state index contributed by atoms with van der Waals surface area (Å²) in [6.45, 7) is -0.267. The lowest BCUT2D eigenvalue weighted by Gasteiger charge is -2.23. The van der Waals surface area contributed by atoms with Gasteiger partial charge in [-0.15, -0.1) is 0 Å². The van der Waals surface area contributed by atoms with E-state index in [4.69, 9.17) is 5.11 Å². The third-order valence-electron chi connectivity index (χ3n) is 3.36. The maximum Gasteiger partial charge on any atom is 0.252 e. The number of nitrogens with one attached hydrogen (secondary N) is 1. The first-order chi connectivity index (χ1) is 10.0. The Labute approximate surface area is 124 Å². The molecule has 6 heteroatoms. The Morgan fingerprint density at radius 2 is 1.95 bits per heavy atom. The van der Waals surface area contributed by atoms with Crippen molar-refractivity contribution in [2.45, 2.75) is 18.9 Å². The van der Waals surface area contributed by atoms with Crippen LogP contribution in [0.4, 0.5) is 0 Å². The molecule has 0 aliphatic carbocycles. The summed E-state index contributed by atoms with van der Waals surface area (Å²) in [4.78, 5) is 12.3. The lowest BCUT2D eigenvalue weighted by atomic mass is 10.1. The molecule has 2 rings (SSSR count). The van der Waals surface area contributed by atoms with Crippen molar-refractivity contribution in [1.29, 1.82) is 0 Å². The first-order valence-corrected chi connectivity index (χ1v) is 8.54. The highest BCUT2D eigenvalue weighted by Gasteiger charge is 2.25. The van der Waals surface area contributed by atoms with Crippen molar-refractivity contribution >= 4 is 15.7 Å². The average Bonchev–Trinajstić information content (AvgIpc) is 2.47. The largest absolute Gasteiger partial charge is 0.384 e. The highest BCUT2D eigenvalue weighted by Crippen LogP contribution is 2.14. The van der Waals surface area contributed by atoms with Crippen LogP contribution in [0.25, 0.3) is 0 Å². The summed E-state index contributed by atoms with van der Waals surface area (Å²) in [5.74, 6) is 5.23. The highest BCUT2D eigenvalue weighted by atomic mass is 32.2. The molecule has 1 aromatic rings. The van der Waals surface area contributed by atoms with Gasteiger partial charge in [-0.3, -0.25) is 4.79 Å². The molecule has 0 spiro atoms. The van der Waals surface area contributed by atoms with Crippen LogP contribution in [0.15, 0.2) is 24.3 Å². The summed E-state index contributed by atoms with van der Waals surface area (Å²) in [5, 5.41) is 11.6. The lowest BCUT2D eigenvalue weighted by molar-refractivity contribution is 0.0934. The number of aliphatic hydroxyl groups is 1. The molecular weight excluding hydrogens is 290 g/mol. The van der Waals surface area contributed by atoms with Crippen molar-refractivity contribution in [3.8, 4) is 11.8 Å². The van der Waals surface area contributed by atoms with E-state index in [1.54, 1.807) is 24.3 Å². The van der Waals surface area contributed by atoms with Gasteiger partial charge in [0.2, 0.25) is 0 Å². The molecule has 1 aromatic carbocycles. The normalized spacial score (nSPS) is 17.6. The van der Waals surface area contributed by atoms with Crippen LogP contribution in [0.2, 0.25) is 0 Å². The number of hydrogen-bond donors (Lipinski definition) is 2.